The van der Waals surface area contributed by atoms with Crippen LogP contribution >= 0.6 is 0 Å². The molecule has 0 amide bonds. The van der Waals surface area contributed by atoms with Crippen molar-refractivity contribution in [3.05, 3.63) is 100 Å². The van der Waals surface area contributed by atoms with Gasteiger partial charge in [-0.2, -0.15) is 0 Å². The van der Waals surface area contributed by atoms with E-state index in [4.69, 9.17) is 0 Å². The van der Waals surface area contributed by atoms with E-state index in [-0.39, 0.29) is 22.8 Å². The van der Waals surface area contributed by atoms with Gasteiger partial charge in [0.15, 0.2) is 0 Å². The highest BCUT2D eigenvalue weighted by Crippen LogP contribution is 2.46. The molecule has 0 aromatic heterocycles. The Morgan fingerprint density at radius 1 is 0.861 bits per heavy atom. The molecule has 1 aliphatic carbocycles. The molecule has 0 bridgehead atoms. The predicted octanol–water partition coefficient (Wildman–Crippen LogP) is 7.28. The molecule has 3 aromatic rings. The summed E-state index contributed by atoms with van der Waals surface area (Å²) >= 11 is 0. The van der Waals surface area contributed by atoms with Crippen LogP contribution in [0.25, 0.3) is 17.2 Å². The molecular weight excluding hydrogens is 448 g/mol. The second-order valence-corrected chi connectivity index (χ2v) is 11.1. The maximum Gasteiger partial charge on any atom is 0.335 e. The Hall–Kier alpha value is -3.66. The average molecular weight is 483 g/mol. The first-order valence-electron chi connectivity index (χ1n) is 12.5. The molecule has 36 heavy (non-hydrogen) atoms. The Morgan fingerprint density at radius 2 is 1.56 bits per heavy atom. The van der Waals surface area contributed by atoms with Gasteiger partial charge in [-0.25, -0.2) is 4.79 Å². The molecule has 186 valence electrons. The van der Waals surface area contributed by atoms with Crippen LogP contribution in [0.2, 0.25) is 0 Å². The van der Waals surface area contributed by atoms with Crippen LogP contribution < -0.4 is 0 Å². The normalized spacial score (nSPS) is 16.0. The molecule has 0 saturated heterocycles. The highest BCUT2D eigenvalue weighted by Gasteiger charge is 2.36. The van der Waals surface area contributed by atoms with Crippen LogP contribution in [0.5, 0.6) is 0 Å². The zero-order valence-electron chi connectivity index (χ0n) is 21.5. The molecular formula is C32H34O4. The second kappa shape index (κ2) is 9.77. The first-order chi connectivity index (χ1) is 17.0. The minimum atomic E-state index is -1.01. The lowest BCUT2D eigenvalue weighted by molar-refractivity contribution is -0.136. The third-order valence-corrected chi connectivity index (χ3v) is 7.49. The molecule has 3 aromatic carbocycles. The Kier molecular flexibility index (Phi) is 6.90. The quantitative estimate of drug-likeness (QED) is 0.371. The summed E-state index contributed by atoms with van der Waals surface area (Å²) in [5.41, 5.74) is 7.60. The van der Waals surface area contributed by atoms with Gasteiger partial charge < -0.3 is 10.2 Å². The molecule has 2 N–H and O–H groups in total. The van der Waals surface area contributed by atoms with Crippen molar-refractivity contribution in [2.24, 2.45) is 0 Å². The maximum atomic E-state index is 11.5. The predicted molar refractivity (Wildman–Crippen MR) is 145 cm³/mol. The van der Waals surface area contributed by atoms with E-state index in [1.807, 2.05) is 24.3 Å². The van der Waals surface area contributed by atoms with Crippen LogP contribution in [0, 0.1) is 0 Å². The van der Waals surface area contributed by atoms with Crippen LogP contribution in [0.1, 0.15) is 78.7 Å². The number of carbonyl (C=O) groups is 2. The number of rotatable bonds is 7. The summed E-state index contributed by atoms with van der Waals surface area (Å²) in [6.07, 6.45) is 7.09. The Bertz CT molecular complexity index is 1340. The minimum Gasteiger partial charge on any atom is -0.481 e. The van der Waals surface area contributed by atoms with E-state index in [0.29, 0.717) is 11.1 Å². The summed E-state index contributed by atoms with van der Waals surface area (Å²) in [6.45, 7) is 9.30. The van der Waals surface area contributed by atoms with E-state index in [1.54, 1.807) is 24.3 Å². The standard InChI is InChI=1S/C32H34O4/c1-31(2)16-17-32(3,4)27-18-21(14-15-26(27)31)8-5-9-22-10-6-12-24(20-28(33)34)29(22)23-11-7-13-25(19-23)30(35)36/h5-7,9-15,18-19H,8,16-17,20H2,1-4H3,(H,33,34)(H,35,36). The molecule has 1 aliphatic rings. The van der Waals surface area contributed by atoms with Gasteiger partial charge in [-0.15, -0.1) is 0 Å². The average Bonchev–Trinajstić information content (AvgIpc) is 2.82. The highest BCUT2D eigenvalue weighted by molar-refractivity contribution is 5.91. The molecule has 0 radical (unpaired) electrons. The van der Waals surface area contributed by atoms with Crippen molar-refractivity contribution in [3.63, 3.8) is 0 Å². The minimum absolute atomic E-state index is 0.135. The van der Waals surface area contributed by atoms with Gasteiger partial charge in [-0.3, -0.25) is 4.79 Å². The monoisotopic (exact) mass is 482 g/mol. The number of hydrogen-bond acceptors (Lipinski definition) is 2. The van der Waals surface area contributed by atoms with Crippen molar-refractivity contribution in [2.75, 3.05) is 0 Å². The Balaban J connectivity index is 1.69. The summed E-state index contributed by atoms with van der Waals surface area (Å²) in [7, 11) is 0. The number of fused-ring (bicyclic) bond motifs is 1. The molecule has 0 aliphatic heterocycles. The summed E-state index contributed by atoms with van der Waals surface area (Å²) in [5, 5.41) is 18.9. The highest BCUT2D eigenvalue weighted by atomic mass is 16.4. The fourth-order valence-electron chi connectivity index (χ4n) is 5.31. The van der Waals surface area contributed by atoms with E-state index in [2.05, 4.69) is 52.0 Å². The van der Waals surface area contributed by atoms with E-state index < -0.39 is 11.9 Å². The van der Waals surface area contributed by atoms with Crippen molar-refractivity contribution in [1.82, 2.24) is 0 Å². The number of hydrogen-bond donors (Lipinski definition) is 2. The second-order valence-electron chi connectivity index (χ2n) is 11.1. The third kappa shape index (κ3) is 5.28. The molecule has 0 atom stereocenters. The molecule has 0 heterocycles. The Morgan fingerprint density at radius 3 is 2.25 bits per heavy atom. The van der Waals surface area contributed by atoms with Crippen molar-refractivity contribution in [1.29, 1.82) is 0 Å². The van der Waals surface area contributed by atoms with Crippen LogP contribution in [0.4, 0.5) is 0 Å². The SMILES string of the molecule is CC1(C)CCC(C)(C)c2cc(CC=Cc3cccc(CC(=O)O)c3-c3cccc(C(=O)O)c3)ccc21. The third-order valence-electron chi connectivity index (χ3n) is 7.49. The first kappa shape index (κ1) is 25.4. The van der Waals surface area contributed by atoms with Gasteiger partial charge in [0, 0.05) is 0 Å². The molecule has 4 rings (SSSR count). The van der Waals surface area contributed by atoms with E-state index in [1.165, 1.54) is 29.5 Å². The van der Waals surface area contributed by atoms with Crippen LogP contribution in [0.3, 0.4) is 0 Å². The van der Waals surface area contributed by atoms with Gasteiger partial charge in [0.05, 0.1) is 12.0 Å². The lowest BCUT2D eigenvalue weighted by atomic mass is 9.63. The van der Waals surface area contributed by atoms with Crippen molar-refractivity contribution < 1.29 is 19.8 Å². The number of carboxylic acids is 2. The van der Waals surface area contributed by atoms with E-state index in [9.17, 15) is 19.8 Å². The van der Waals surface area contributed by atoms with Gasteiger partial charge in [0.25, 0.3) is 0 Å². The van der Waals surface area contributed by atoms with Gasteiger partial charge in [0.2, 0.25) is 0 Å². The van der Waals surface area contributed by atoms with Crippen LogP contribution in [-0.4, -0.2) is 22.2 Å². The summed E-state index contributed by atoms with van der Waals surface area (Å²) in [4.78, 5) is 23.1. The molecule has 0 saturated carbocycles. The summed E-state index contributed by atoms with van der Waals surface area (Å²) in [5.74, 6) is -1.94. The fourth-order valence-corrected chi connectivity index (χ4v) is 5.31. The number of aliphatic carboxylic acids is 1. The Labute approximate surface area is 213 Å². The van der Waals surface area contributed by atoms with Crippen LogP contribution in [0.15, 0.2) is 66.7 Å². The zero-order chi connectivity index (χ0) is 26.1. The van der Waals surface area contributed by atoms with Crippen molar-refractivity contribution in [3.8, 4) is 11.1 Å². The molecule has 0 spiro atoms. The van der Waals surface area contributed by atoms with Gasteiger partial charge in [-0.1, -0.05) is 88.4 Å². The molecule has 0 unspecified atom stereocenters. The maximum absolute atomic E-state index is 11.5. The topological polar surface area (TPSA) is 74.6 Å². The smallest absolute Gasteiger partial charge is 0.335 e. The lowest BCUT2D eigenvalue weighted by Gasteiger charge is -2.42. The van der Waals surface area contributed by atoms with Crippen molar-refractivity contribution >= 4 is 18.0 Å². The number of aromatic carboxylic acids is 1. The van der Waals surface area contributed by atoms with Gasteiger partial charge in [-0.05, 0) is 81.2 Å². The molecule has 0 fully saturated rings. The summed E-state index contributed by atoms with van der Waals surface area (Å²) in [6, 6.07) is 19.1. The van der Waals surface area contributed by atoms with Crippen molar-refractivity contribution in [2.45, 2.75) is 64.2 Å². The zero-order valence-corrected chi connectivity index (χ0v) is 21.5. The first-order valence-corrected chi connectivity index (χ1v) is 12.5. The van der Waals surface area contributed by atoms with E-state index >= 15 is 0 Å². The lowest BCUT2D eigenvalue weighted by Crippen LogP contribution is -2.33. The largest absolute Gasteiger partial charge is 0.481 e. The summed E-state index contributed by atoms with van der Waals surface area (Å²) < 4.78 is 0. The van der Waals surface area contributed by atoms with E-state index in [0.717, 1.165) is 17.5 Å². The number of benzene rings is 3. The van der Waals surface area contributed by atoms with Gasteiger partial charge >= 0.3 is 11.9 Å². The number of allylic oxidation sites excluding steroid dienone is 1. The molecule has 4 heteroatoms. The molecule has 4 nitrogen and oxygen atoms in total. The fraction of sp³-hybridized carbons (Fsp3) is 0.312. The van der Waals surface area contributed by atoms with Gasteiger partial charge in [0.1, 0.15) is 0 Å². The number of carboxylic acid groups (broad SMARTS) is 2. The van der Waals surface area contributed by atoms with Crippen LogP contribution in [-0.2, 0) is 28.5 Å².